The summed E-state index contributed by atoms with van der Waals surface area (Å²) in [4.78, 5) is 4.82. The molecule has 0 fully saturated rings. The first-order chi connectivity index (χ1) is 17.8. The summed E-state index contributed by atoms with van der Waals surface area (Å²) in [5, 5.41) is 24.8. The Labute approximate surface area is 210 Å². The molecule has 0 saturated carbocycles. The second-order valence-electron chi connectivity index (χ2n) is 8.78. The Morgan fingerprint density at radius 3 is 1.44 bits per heavy atom. The monoisotopic (exact) mass is 479 g/mol. The van der Waals surface area contributed by atoms with Gasteiger partial charge in [-0.1, -0.05) is 57.0 Å². The van der Waals surface area contributed by atoms with E-state index in [9.17, 15) is 0 Å². The van der Waals surface area contributed by atoms with E-state index in [-0.39, 0.29) is 0 Å². The van der Waals surface area contributed by atoms with Crippen LogP contribution in [-0.2, 0) is 12.8 Å². The molecule has 2 aromatic carbocycles. The smallest absolute Gasteiger partial charge is 0.205 e. The lowest BCUT2D eigenvalue weighted by Gasteiger charge is -2.08. The fraction of sp³-hybridized carbons (Fsp3) is 0.296. The average molecular weight is 480 g/mol. The Balaban J connectivity index is 1.43. The highest BCUT2D eigenvalue weighted by molar-refractivity contribution is 5.60. The van der Waals surface area contributed by atoms with Crippen molar-refractivity contribution < 1.29 is 0 Å². The number of nitrogens with zero attached hydrogens (tertiary/aromatic N) is 9. The summed E-state index contributed by atoms with van der Waals surface area (Å²) < 4.78 is 3.40. The lowest BCUT2D eigenvalue weighted by atomic mass is 10.1. The van der Waals surface area contributed by atoms with Crippen molar-refractivity contribution in [3.63, 3.8) is 0 Å². The van der Waals surface area contributed by atoms with Gasteiger partial charge in [-0.05, 0) is 94.1 Å². The molecule has 0 aliphatic heterocycles. The lowest BCUT2D eigenvalue weighted by Crippen LogP contribution is -2.04. The maximum atomic E-state index is 4.82. The molecule has 0 unspecified atom stereocenters. The van der Waals surface area contributed by atoms with Gasteiger partial charge in [0.1, 0.15) is 11.4 Å². The number of hydrogen-bond donors (Lipinski definition) is 0. The molecule has 3 aromatic heterocycles. The molecule has 0 N–H and O–H groups in total. The Hall–Kier alpha value is -4.27. The number of aryl methyl sites for hydroxylation is 2. The van der Waals surface area contributed by atoms with Gasteiger partial charge in [0.25, 0.3) is 0 Å². The van der Waals surface area contributed by atoms with E-state index in [0.717, 1.165) is 24.2 Å². The predicted octanol–water partition coefficient (Wildman–Crippen LogP) is 5.05. The van der Waals surface area contributed by atoms with Crippen LogP contribution in [0.15, 0.2) is 66.7 Å². The molecular weight excluding hydrogens is 450 g/mol. The van der Waals surface area contributed by atoms with Crippen molar-refractivity contribution in [3.05, 3.63) is 77.9 Å². The largest absolute Gasteiger partial charge is 0.241 e. The Kier molecular flexibility index (Phi) is 7.16. The van der Waals surface area contributed by atoms with Crippen LogP contribution in [0.3, 0.4) is 0 Å². The molecule has 0 amide bonds. The van der Waals surface area contributed by atoms with Crippen molar-refractivity contribution in [2.75, 3.05) is 0 Å². The van der Waals surface area contributed by atoms with E-state index < -0.39 is 0 Å². The maximum Gasteiger partial charge on any atom is 0.205 e. The zero-order chi connectivity index (χ0) is 24.7. The number of aromatic nitrogens is 9. The third-order valence-electron chi connectivity index (χ3n) is 6.15. The van der Waals surface area contributed by atoms with Crippen molar-refractivity contribution >= 4 is 0 Å². The standard InChI is InChI=1S/C27H29N9/c1-3-5-8-20-12-16-22(17-13-20)35-26(29-31-33-35)24-10-7-11-25(28-24)27-30-32-34-36(27)23-18-14-21(15-19-23)9-6-4-2/h7,10-19H,3-6,8-9H2,1-2H3. The van der Waals surface area contributed by atoms with Crippen LogP contribution in [0, 0.1) is 0 Å². The number of hydrogen-bond acceptors (Lipinski definition) is 7. The first kappa shape index (κ1) is 23.5. The molecule has 0 bridgehead atoms. The fourth-order valence-corrected chi connectivity index (χ4v) is 4.09. The SMILES string of the molecule is CCCCc1ccc(-n2nnnc2-c2cccc(-c3nnnn3-c3ccc(CCCC)cc3)n2)cc1. The summed E-state index contributed by atoms with van der Waals surface area (Å²) >= 11 is 0. The van der Waals surface area contributed by atoms with Gasteiger partial charge in [-0.25, -0.2) is 4.98 Å². The zero-order valence-corrected chi connectivity index (χ0v) is 20.6. The van der Waals surface area contributed by atoms with Crippen LogP contribution in [0.1, 0.15) is 50.7 Å². The summed E-state index contributed by atoms with van der Waals surface area (Å²) in [6, 6.07) is 22.4. The Morgan fingerprint density at radius 1 is 0.583 bits per heavy atom. The third kappa shape index (κ3) is 5.05. The van der Waals surface area contributed by atoms with Crippen molar-refractivity contribution in [3.8, 4) is 34.4 Å². The Bertz CT molecular complexity index is 1300. The van der Waals surface area contributed by atoms with Gasteiger partial charge in [-0.3, -0.25) is 0 Å². The number of benzene rings is 2. The molecule has 36 heavy (non-hydrogen) atoms. The molecule has 9 heteroatoms. The number of pyridine rings is 1. The molecule has 0 saturated heterocycles. The van der Waals surface area contributed by atoms with E-state index in [4.69, 9.17) is 4.98 Å². The van der Waals surface area contributed by atoms with Gasteiger partial charge in [-0.2, -0.15) is 9.36 Å². The highest BCUT2D eigenvalue weighted by Crippen LogP contribution is 2.23. The molecule has 0 radical (unpaired) electrons. The summed E-state index contributed by atoms with van der Waals surface area (Å²) in [5.74, 6) is 1.11. The summed E-state index contributed by atoms with van der Waals surface area (Å²) in [6.45, 7) is 4.40. The van der Waals surface area contributed by atoms with Crippen molar-refractivity contribution in [1.82, 2.24) is 45.4 Å². The van der Waals surface area contributed by atoms with Gasteiger partial charge in [0.05, 0.1) is 11.4 Å². The topological polar surface area (TPSA) is 100 Å². The molecule has 9 nitrogen and oxygen atoms in total. The van der Waals surface area contributed by atoms with E-state index in [2.05, 4.69) is 69.2 Å². The zero-order valence-electron chi connectivity index (χ0n) is 20.6. The highest BCUT2D eigenvalue weighted by atomic mass is 15.6. The number of rotatable bonds is 10. The highest BCUT2D eigenvalue weighted by Gasteiger charge is 2.17. The van der Waals surface area contributed by atoms with Crippen molar-refractivity contribution in [2.24, 2.45) is 0 Å². The molecule has 0 atom stereocenters. The number of unbranched alkanes of at least 4 members (excludes halogenated alkanes) is 2. The van der Waals surface area contributed by atoms with E-state index in [1.54, 1.807) is 9.36 Å². The van der Waals surface area contributed by atoms with Crippen molar-refractivity contribution in [2.45, 2.75) is 52.4 Å². The minimum atomic E-state index is 0.553. The fourth-order valence-electron chi connectivity index (χ4n) is 4.09. The van der Waals surface area contributed by atoms with E-state index in [0.29, 0.717) is 23.0 Å². The van der Waals surface area contributed by atoms with Gasteiger partial charge in [0.2, 0.25) is 11.6 Å². The van der Waals surface area contributed by atoms with Gasteiger partial charge < -0.3 is 0 Å². The first-order valence-corrected chi connectivity index (χ1v) is 12.5. The van der Waals surface area contributed by atoms with Crippen LogP contribution in [-0.4, -0.2) is 45.4 Å². The van der Waals surface area contributed by atoms with Gasteiger partial charge in [-0.15, -0.1) is 10.2 Å². The molecule has 0 aliphatic rings. The second-order valence-corrected chi connectivity index (χ2v) is 8.78. The van der Waals surface area contributed by atoms with Crippen LogP contribution < -0.4 is 0 Å². The predicted molar refractivity (Wildman–Crippen MR) is 138 cm³/mol. The van der Waals surface area contributed by atoms with Crippen LogP contribution in [0.5, 0.6) is 0 Å². The van der Waals surface area contributed by atoms with Crippen LogP contribution >= 0.6 is 0 Å². The molecule has 182 valence electrons. The van der Waals surface area contributed by atoms with E-state index >= 15 is 0 Å². The minimum absolute atomic E-state index is 0.553. The summed E-state index contributed by atoms with van der Waals surface area (Å²) in [7, 11) is 0. The average Bonchev–Trinajstić information content (AvgIpc) is 3.62. The van der Waals surface area contributed by atoms with Crippen molar-refractivity contribution in [1.29, 1.82) is 0 Å². The van der Waals surface area contributed by atoms with Gasteiger partial charge in [0.15, 0.2) is 0 Å². The van der Waals surface area contributed by atoms with Gasteiger partial charge >= 0.3 is 0 Å². The van der Waals surface area contributed by atoms with E-state index in [1.165, 1.54) is 36.8 Å². The lowest BCUT2D eigenvalue weighted by molar-refractivity contribution is 0.782. The van der Waals surface area contributed by atoms with Crippen LogP contribution in [0.2, 0.25) is 0 Å². The maximum absolute atomic E-state index is 4.82. The minimum Gasteiger partial charge on any atom is -0.241 e. The second kappa shape index (κ2) is 11.0. The molecule has 5 rings (SSSR count). The van der Waals surface area contributed by atoms with Gasteiger partial charge in [0, 0.05) is 0 Å². The molecule has 0 aliphatic carbocycles. The summed E-state index contributed by atoms with van der Waals surface area (Å²) in [5.41, 5.74) is 5.65. The van der Waals surface area contributed by atoms with E-state index in [1.807, 2.05) is 42.5 Å². The quantitative estimate of drug-likeness (QED) is 0.276. The molecule has 3 heterocycles. The third-order valence-corrected chi connectivity index (χ3v) is 6.15. The number of tetrazole rings is 2. The normalized spacial score (nSPS) is 11.2. The Morgan fingerprint density at radius 2 is 1.03 bits per heavy atom. The molecule has 0 spiro atoms. The summed E-state index contributed by atoms with van der Waals surface area (Å²) in [6.07, 6.45) is 6.84. The van der Waals surface area contributed by atoms with Crippen LogP contribution in [0.4, 0.5) is 0 Å². The van der Waals surface area contributed by atoms with Crippen LogP contribution in [0.25, 0.3) is 34.4 Å². The first-order valence-electron chi connectivity index (χ1n) is 12.5. The molecule has 5 aromatic rings. The molecular formula is C27H29N9.